The molecule has 1 N–H and O–H groups in total. The summed E-state index contributed by atoms with van der Waals surface area (Å²) in [6.07, 6.45) is 1.76. The molecule has 26 heavy (non-hydrogen) atoms. The second-order valence-corrected chi connectivity index (χ2v) is 7.61. The topological polar surface area (TPSA) is 55.8 Å². The lowest BCUT2D eigenvalue weighted by molar-refractivity contribution is -0.138. The van der Waals surface area contributed by atoms with Gasteiger partial charge >= 0.3 is 5.97 Å². The van der Waals surface area contributed by atoms with E-state index >= 15 is 0 Å². The van der Waals surface area contributed by atoms with Gasteiger partial charge in [0.05, 0.1) is 13.0 Å². The van der Waals surface area contributed by atoms with Crippen molar-refractivity contribution in [3.8, 4) is 11.5 Å². The number of rotatable bonds is 5. The average molecular weight is 421 g/mol. The lowest BCUT2D eigenvalue weighted by atomic mass is 10.1. The zero-order chi connectivity index (χ0) is 18.4. The lowest BCUT2D eigenvalue weighted by Crippen LogP contribution is -2.06. The minimum absolute atomic E-state index is 0.0166. The molecule has 0 saturated heterocycles. The van der Waals surface area contributed by atoms with Gasteiger partial charge in [-0.05, 0) is 48.6 Å². The smallest absolute Gasteiger partial charge is 0.307 e. The summed E-state index contributed by atoms with van der Waals surface area (Å²) in [4.78, 5) is 11.1. The second-order valence-electron chi connectivity index (χ2n) is 6.76. The van der Waals surface area contributed by atoms with Crippen LogP contribution in [0.3, 0.4) is 0 Å². The summed E-state index contributed by atoms with van der Waals surface area (Å²) in [7, 11) is 1.56. The normalized spacial score (nSPS) is 23.4. The van der Waals surface area contributed by atoms with Gasteiger partial charge in [0, 0.05) is 22.0 Å². The largest absolute Gasteiger partial charge is 0.496 e. The van der Waals surface area contributed by atoms with Crippen LogP contribution in [0, 0.1) is 11.7 Å². The first kappa shape index (κ1) is 17.3. The molecule has 2 aliphatic carbocycles. The van der Waals surface area contributed by atoms with E-state index in [-0.39, 0.29) is 23.8 Å². The molecule has 0 radical (unpaired) electrons. The number of hydrogen-bond acceptors (Lipinski definition) is 3. The predicted molar refractivity (Wildman–Crippen MR) is 97.3 cm³/mol. The Morgan fingerprint density at radius 3 is 2.81 bits per heavy atom. The highest BCUT2D eigenvalue weighted by Gasteiger charge is 2.45. The Morgan fingerprint density at radius 2 is 2.12 bits per heavy atom. The van der Waals surface area contributed by atoms with E-state index in [1.54, 1.807) is 19.2 Å². The van der Waals surface area contributed by atoms with Crippen LogP contribution in [0.2, 0.25) is 0 Å². The maximum absolute atomic E-state index is 14.3. The van der Waals surface area contributed by atoms with Gasteiger partial charge < -0.3 is 14.6 Å². The van der Waals surface area contributed by atoms with Crippen LogP contribution < -0.4 is 9.47 Å². The number of ether oxygens (including phenoxy) is 2. The fourth-order valence-electron chi connectivity index (χ4n) is 3.80. The molecular weight excluding hydrogens is 403 g/mol. The van der Waals surface area contributed by atoms with Crippen molar-refractivity contribution in [1.82, 2.24) is 0 Å². The lowest BCUT2D eigenvalue weighted by Gasteiger charge is -2.17. The fourth-order valence-corrected chi connectivity index (χ4v) is 4.34. The van der Waals surface area contributed by atoms with Gasteiger partial charge in [-0.3, -0.25) is 4.79 Å². The summed E-state index contributed by atoms with van der Waals surface area (Å²) in [6.45, 7) is 0. The number of halogens is 2. The van der Waals surface area contributed by atoms with Gasteiger partial charge in [0.1, 0.15) is 23.4 Å². The van der Waals surface area contributed by atoms with Gasteiger partial charge in [-0.25, -0.2) is 4.39 Å². The first-order valence-corrected chi connectivity index (χ1v) is 9.33. The van der Waals surface area contributed by atoms with Crippen LogP contribution in [0.4, 0.5) is 4.39 Å². The third kappa shape index (κ3) is 2.96. The van der Waals surface area contributed by atoms with Crippen LogP contribution in [-0.2, 0) is 11.2 Å². The van der Waals surface area contributed by atoms with Crippen LogP contribution in [0.15, 0.2) is 34.8 Å². The van der Waals surface area contributed by atoms with Gasteiger partial charge in [-0.15, -0.1) is 0 Å². The van der Waals surface area contributed by atoms with Crippen molar-refractivity contribution in [3.05, 3.63) is 57.3 Å². The molecule has 136 valence electrons. The Balaban J connectivity index is 1.58. The maximum Gasteiger partial charge on any atom is 0.307 e. The molecule has 1 fully saturated rings. The van der Waals surface area contributed by atoms with Crippen molar-refractivity contribution in [1.29, 1.82) is 0 Å². The van der Waals surface area contributed by atoms with Gasteiger partial charge in [-0.1, -0.05) is 22.0 Å². The van der Waals surface area contributed by atoms with Gasteiger partial charge in [-0.2, -0.15) is 0 Å². The average Bonchev–Trinajstić information content (AvgIpc) is 3.32. The van der Waals surface area contributed by atoms with E-state index in [9.17, 15) is 9.18 Å². The molecule has 1 saturated carbocycles. The zero-order valence-electron chi connectivity index (χ0n) is 14.2. The van der Waals surface area contributed by atoms with Gasteiger partial charge in [0.25, 0.3) is 0 Å². The zero-order valence-corrected chi connectivity index (χ0v) is 15.8. The Kier molecular flexibility index (Phi) is 4.39. The molecule has 2 aromatic rings. The van der Waals surface area contributed by atoms with Crippen LogP contribution in [-0.4, -0.2) is 18.2 Å². The van der Waals surface area contributed by atoms with Crippen molar-refractivity contribution in [2.45, 2.75) is 31.3 Å². The summed E-state index contributed by atoms with van der Waals surface area (Å²) < 4.78 is 26.7. The van der Waals surface area contributed by atoms with E-state index in [2.05, 4.69) is 15.9 Å². The van der Waals surface area contributed by atoms with Crippen molar-refractivity contribution in [2.24, 2.45) is 5.92 Å². The van der Waals surface area contributed by atoms with Crippen molar-refractivity contribution >= 4 is 21.9 Å². The van der Waals surface area contributed by atoms with E-state index < -0.39 is 5.97 Å². The fraction of sp³-hybridized carbons (Fsp3) is 0.350. The van der Waals surface area contributed by atoms with E-state index in [1.165, 1.54) is 6.07 Å². The molecule has 3 atom stereocenters. The minimum atomic E-state index is -0.777. The molecule has 0 unspecified atom stereocenters. The monoisotopic (exact) mass is 420 g/mol. The number of carboxylic acids is 1. The molecule has 4 nitrogen and oxygen atoms in total. The van der Waals surface area contributed by atoms with Gasteiger partial charge in [0.2, 0.25) is 0 Å². The molecule has 0 spiro atoms. The SMILES string of the molecule is COc1cc(O[C@@H]2CCc3c(Br)ccc(F)c32)ccc1[C@@H]1C[C@H]1C(=O)O. The molecule has 0 aliphatic heterocycles. The number of methoxy groups -OCH3 is 1. The molecule has 2 aromatic carbocycles. The van der Waals surface area contributed by atoms with Gasteiger partial charge in [0.15, 0.2) is 0 Å². The highest BCUT2D eigenvalue weighted by Crippen LogP contribution is 2.51. The first-order valence-electron chi connectivity index (χ1n) is 8.53. The second kappa shape index (κ2) is 6.58. The van der Waals surface area contributed by atoms with Crippen LogP contribution in [0.25, 0.3) is 0 Å². The Hall–Kier alpha value is -2.08. The number of fused-ring (bicyclic) bond motifs is 1. The van der Waals surface area contributed by atoms with Crippen molar-refractivity contribution in [3.63, 3.8) is 0 Å². The summed E-state index contributed by atoms with van der Waals surface area (Å²) in [5, 5.41) is 9.13. The number of benzene rings is 2. The maximum atomic E-state index is 14.3. The summed E-state index contributed by atoms with van der Waals surface area (Å²) in [5.41, 5.74) is 2.45. The molecule has 0 amide bonds. The highest BCUT2D eigenvalue weighted by atomic mass is 79.9. The molecule has 2 aliphatic rings. The number of hydrogen-bond donors (Lipinski definition) is 1. The molecule has 0 aromatic heterocycles. The van der Waals surface area contributed by atoms with E-state index in [1.807, 2.05) is 12.1 Å². The third-order valence-corrected chi connectivity index (χ3v) is 5.96. The molecule has 4 rings (SSSR count). The van der Waals surface area contributed by atoms with Crippen LogP contribution in [0.1, 0.15) is 41.6 Å². The minimum Gasteiger partial charge on any atom is -0.496 e. The quantitative estimate of drug-likeness (QED) is 0.750. The third-order valence-electron chi connectivity index (χ3n) is 5.22. The predicted octanol–water partition coefficient (Wildman–Crippen LogP) is 4.85. The number of aliphatic carboxylic acids is 1. The number of carbonyl (C=O) groups is 1. The number of carboxylic acid groups (broad SMARTS) is 1. The Bertz CT molecular complexity index is 882. The molecule has 0 bridgehead atoms. The van der Waals surface area contributed by atoms with Crippen molar-refractivity contribution < 1.29 is 23.8 Å². The Labute approximate surface area is 159 Å². The van der Waals surface area contributed by atoms with E-state index in [0.29, 0.717) is 29.9 Å². The van der Waals surface area contributed by atoms with Crippen LogP contribution >= 0.6 is 15.9 Å². The summed E-state index contributed by atoms with van der Waals surface area (Å²) in [6, 6.07) is 8.61. The first-order chi connectivity index (χ1) is 12.5. The van der Waals surface area contributed by atoms with E-state index in [4.69, 9.17) is 14.6 Å². The Morgan fingerprint density at radius 1 is 1.31 bits per heavy atom. The van der Waals surface area contributed by atoms with Crippen LogP contribution in [0.5, 0.6) is 11.5 Å². The molecular formula is C20H18BrFO4. The summed E-state index contributed by atoms with van der Waals surface area (Å²) in [5.74, 6) is -0.182. The molecule has 0 heterocycles. The van der Waals surface area contributed by atoms with Crippen molar-refractivity contribution in [2.75, 3.05) is 7.11 Å². The molecule has 6 heteroatoms. The highest BCUT2D eigenvalue weighted by molar-refractivity contribution is 9.10. The summed E-state index contributed by atoms with van der Waals surface area (Å²) >= 11 is 3.48. The van der Waals surface area contributed by atoms with E-state index in [0.717, 1.165) is 22.0 Å². The standard InChI is InChI=1S/C20H18BrFO4/c1-25-18-8-10(2-3-11(18)13-9-14(13)20(23)24)26-17-7-4-12-15(21)5-6-16(22)19(12)17/h2-3,5-6,8,13-14,17H,4,7,9H2,1H3,(H,23,24)/t13-,14+,17+/m0/s1.